The molecule has 3 aromatic rings. The first kappa shape index (κ1) is 19.6. The van der Waals surface area contributed by atoms with Crippen LogP contribution >= 0.6 is 11.3 Å². The Kier molecular flexibility index (Phi) is 6.45. The summed E-state index contributed by atoms with van der Waals surface area (Å²) in [5.41, 5.74) is 7.23. The molecule has 5 nitrogen and oxygen atoms in total. The Morgan fingerprint density at radius 1 is 1.07 bits per heavy atom. The summed E-state index contributed by atoms with van der Waals surface area (Å²) >= 11 is 1.32. The van der Waals surface area contributed by atoms with Gasteiger partial charge < -0.3 is 15.8 Å². The van der Waals surface area contributed by atoms with Crippen LogP contribution in [-0.2, 0) is 0 Å². The highest BCUT2D eigenvalue weighted by atomic mass is 32.1. The molecule has 1 heterocycles. The van der Waals surface area contributed by atoms with Crippen molar-refractivity contribution < 1.29 is 14.3 Å². The lowest BCUT2D eigenvalue weighted by Crippen LogP contribution is -2.16. The monoisotopic (exact) mass is 394 g/mol. The average Bonchev–Trinajstić information content (AvgIpc) is 3.13. The van der Waals surface area contributed by atoms with Crippen molar-refractivity contribution in [2.45, 2.75) is 19.8 Å². The molecule has 3 rings (SSSR count). The number of amides is 2. The minimum Gasteiger partial charge on any atom is -0.494 e. The zero-order valence-electron chi connectivity index (χ0n) is 15.6. The standard InChI is InChI=1S/C22H22N2O3S/c1-2-3-12-27-17-11-7-10-16(13-17)21(26)24-22-18(20(23)25)14-19(28-22)15-8-5-4-6-9-15/h4-11,13-14H,2-3,12H2,1H3,(H2,23,25)(H,24,26). The molecular weight excluding hydrogens is 372 g/mol. The Hall–Kier alpha value is -3.12. The van der Waals surface area contributed by atoms with Crippen molar-refractivity contribution in [2.75, 3.05) is 11.9 Å². The van der Waals surface area contributed by atoms with E-state index in [0.29, 0.717) is 28.5 Å². The van der Waals surface area contributed by atoms with Crippen molar-refractivity contribution in [1.82, 2.24) is 0 Å². The van der Waals surface area contributed by atoms with Gasteiger partial charge in [0.25, 0.3) is 11.8 Å². The maximum absolute atomic E-state index is 12.7. The van der Waals surface area contributed by atoms with Crippen LogP contribution in [0, 0.1) is 0 Å². The lowest BCUT2D eigenvalue weighted by Gasteiger charge is -2.08. The van der Waals surface area contributed by atoms with Gasteiger partial charge in [0, 0.05) is 10.4 Å². The van der Waals surface area contributed by atoms with Gasteiger partial charge >= 0.3 is 0 Å². The lowest BCUT2D eigenvalue weighted by molar-refractivity contribution is 0.100. The smallest absolute Gasteiger partial charge is 0.256 e. The first-order valence-corrected chi connectivity index (χ1v) is 9.93. The van der Waals surface area contributed by atoms with E-state index in [-0.39, 0.29) is 5.91 Å². The molecule has 0 unspecified atom stereocenters. The van der Waals surface area contributed by atoms with Crippen molar-refractivity contribution in [3.8, 4) is 16.2 Å². The highest BCUT2D eigenvalue weighted by molar-refractivity contribution is 7.20. The number of primary amides is 1. The van der Waals surface area contributed by atoms with Gasteiger partial charge in [0.2, 0.25) is 0 Å². The van der Waals surface area contributed by atoms with Gasteiger partial charge in [-0.1, -0.05) is 49.7 Å². The number of carbonyl (C=O) groups excluding carboxylic acids is 2. The van der Waals surface area contributed by atoms with E-state index in [4.69, 9.17) is 10.5 Å². The maximum atomic E-state index is 12.7. The van der Waals surface area contributed by atoms with Gasteiger partial charge in [0.15, 0.2) is 0 Å². The number of anilines is 1. The summed E-state index contributed by atoms with van der Waals surface area (Å²) in [5.74, 6) is -0.248. The van der Waals surface area contributed by atoms with Gasteiger partial charge in [0.05, 0.1) is 12.2 Å². The number of ether oxygens (including phenoxy) is 1. The molecule has 0 spiro atoms. The van der Waals surface area contributed by atoms with Crippen LogP contribution in [0.5, 0.6) is 5.75 Å². The molecule has 0 saturated heterocycles. The minimum absolute atomic E-state index is 0.299. The molecule has 0 aliphatic carbocycles. The second-order valence-electron chi connectivity index (χ2n) is 6.27. The number of nitrogens with one attached hydrogen (secondary N) is 1. The first-order valence-electron chi connectivity index (χ1n) is 9.11. The van der Waals surface area contributed by atoms with Gasteiger partial charge in [-0.3, -0.25) is 9.59 Å². The predicted octanol–water partition coefficient (Wildman–Crippen LogP) is 4.95. The van der Waals surface area contributed by atoms with Crippen LogP contribution in [0.1, 0.15) is 40.5 Å². The Balaban J connectivity index is 1.81. The maximum Gasteiger partial charge on any atom is 0.256 e. The van der Waals surface area contributed by atoms with E-state index in [2.05, 4.69) is 12.2 Å². The van der Waals surface area contributed by atoms with E-state index in [1.54, 1.807) is 24.3 Å². The molecule has 144 valence electrons. The summed E-state index contributed by atoms with van der Waals surface area (Å²) in [6.07, 6.45) is 1.99. The number of rotatable bonds is 8. The summed E-state index contributed by atoms with van der Waals surface area (Å²) in [6.45, 7) is 2.70. The number of nitrogens with two attached hydrogens (primary N) is 1. The zero-order chi connectivity index (χ0) is 19.9. The predicted molar refractivity (Wildman–Crippen MR) is 113 cm³/mol. The minimum atomic E-state index is -0.578. The topological polar surface area (TPSA) is 81.4 Å². The van der Waals surface area contributed by atoms with Crippen molar-refractivity contribution in [3.63, 3.8) is 0 Å². The first-order chi connectivity index (χ1) is 13.6. The van der Waals surface area contributed by atoms with Crippen LogP contribution in [-0.4, -0.2) is 18.4 Å². The zero-order valence-corrected chi connectivity index (χ0v) is 16.4. The molecule has 6 heteroatoms. The SMILES string of the molecule is CCCCOc1cccc(C(=O)Nc2sc(-c3ccccc3)cc2C(N)=O)c1. The molecule has 2 aromatic carbocycles. The molecule has 1 aromatic heterocycles. The van der Waals surface area contributed by atoms with Crippen LogP contribution < -0.4 is 15.8 Å². The van der Waals surface area contributed by atoms with Gasteiger partial charge in [-0.05, 0) is 36.2 Å². The van der Waals surface area contributed by atoms with Crippen LogP contribution in [0.3, 0.4) is 0 Å². The average molecular weight is 394 g/mol. The normalized spacial score (nSPS) is 10.5. The highest BCUT2D eigenvalue weighted by Gasteiger charge is 2.18. The fourth-order valence-electron chi connectivity index (χ4n) is 2.65. The lowest BCUT2D eigenvalue weighted by atomic mass is 10.1. The number of thiophene rings is 1. The van der Waals surface area contributed by atoms with E-state index < -0.39 is 5.91 Å². The van der Waals surface area contributed by atoms with Crippen LogP contribution in [0.15, 0.2) is 60.7 Å². The highest BCUT2D eigenvalue weighted by Crippen LogP contribution is 2.35. The summed E-state index contributed by atoms with van der Waals surface area (Å²) in [6, 6.07) is 18.3. The van der Waals surface area contributed by atoms with Crippen molar-refractivity contribution in [1.29, 1.82) is 0 Å². The van der Waals surface area contributed by atoms with E-state index in [0.717, 1.165) is 23.3 Å². The van der Waals surface area contributed by atoms with E-state index >= 15 is 0 Å². The molecule has 28 heavy (non-hydrogen) atoms. The summed E-state index contributed by atoms with van der Waals surface area (Å²) in [4.78, 5) is 25.4. The van der Waals surface area contributed by atoms with Gasteiger partial charge in [-0.25, -0.2) is 0 Å². The Bertz CT molecular complexity index is 967. The van der Waals surface area contributed by atoms with Crippen LogP contribution in [0.25, 0.3) is 10.4 Å². The third-order valence-electron chi connectivity index (χ3n) is 4.15. The third kappa shape index (κ3) is 4.78. The molecular formula is C22H22N2O3S. The van der Waals surface area contributed by atoms with Gasteiger partial charge in [0.1, 0.15) is 10.8 Å². The third-order valence-corrected chi connectivity index (χ3v) is 5.25. The largest absolute Gasteiger partial charge is 0.494 e. The Morgan fingerprint density at radius 3 is 2.57 bits per heavy atom. The Labute approximate surface area is 168 Å². The molecule has 0 fully saturated rings. The second-order valence-corrected chi connectivity index (χ2v) is 7.32. The Morgan fingerprint density at radius 2 is 1.86 bits per heavy atom. The molecule has 2 amide bonds. The van der Waals surface area contributed by atoms with Crippen molar-refractivity contribution in [3.05, 3.63) is 71.8 Å². The van der Waals surface area contributed by atoms with Crippen molar-refractivity contribution in [2.24, 2.45) is 5.73 Å². The quantitative estimate of drug-likeness (QED) is 0.531. The molecule has 0 atom stereocenters. The summed E-state index contributed by atoms with van der Waals surface area (Å²) in [5, 5.41) is 3.25. The van der Waals surface area contributed by atoms with Gasteiger partial charge in [-0.15, -0.1) is 11.3 Å². The molecule has 0 bridgehead atoms. The molecule has 0 radical (unpaired) electrons. The number of unbranched alkanes of at least 4 members (excludes halogenated alkanes) is 1. The molecule has 0 aliphatic rings. The van der Waals surface area contributed by atoms with E-state index in [9.17, 15) is 9.59 Å². The van der Waals surface area contributed by atoms with Crippen LogP contribution in [0.2, 0.25) is 0 Å². The number of hydrogen-bond acceptors (Lipinski definition) is 4. The molecule has 3 N–H and O–H groups in total. The molecule has 0 saturated carbocycles. The fourth-order valence-corrected chi connectivity index (χ4v) is 3.71. The number of benzene rings is 2. The molecule has 0 aliphatic heterocycles. The fraction of sp³-hybridized carbons (Fsp3) is 0.182. The van der Waals surface area contributed by atoms with Crippen LogP contribution in [0.4, 0.5) is 5.00 Å². The van der Waals surface area contributed by atoms with Gasteiger partial charge in [-0.2, -0.15) is 0 Å². The second kappa shape index (κ2) is 9.19. The van der Waals surface area contributed by atoms with Crippen molar-refractivity contribution >= 4 is 28.2 Å². The number of hydrogen-bond donors (Lipinski definition) is 2. The van der Waals surface area contributed by atoms with E-state index in [1.807, 2.05) is 36.4 Å². The summed E-state index contributed by atoms with van der Waals surface area (Å²) in [7, 11) is 0. The van der Waals surface area contributed by atoms with E-state index in [1.165, 1.54) is 11.3 Å². The summed E-state index contributed by atoms with van der Waals surface area (Å²) < 4.78 is 5.66. The number of carbonyl (C=O) groups is 2.